The fraction of sp³-hybridized carbons (Fsp3) is 1.00. The van der Waals surface area contributed by atoms with Gasteiger partial charge in [0.2, 0.25) is 0 Å². The van der Waals surface area contributed by atoms with E-state index in [0.717, 1.165) is 19.8 Å². The third-order valence-electron chi connectivity index (χ3n) is 2.23. The molecule has 2 unspecified atom stereocenters. The van der Waals surface area contributed by atoms with Gasteiger partial charge in [-0.3, -0.25) is 0 Å². The van der Waals surface area contributed by atoms with Crippen LogP contribution in [-0.2, 0) is 9.47 Å². The monoisotopic (exact) mass is 203 g/mol. The third kappa shape index (κ3) is 5.58. The summed E-state index contributed by atoms with van der Waals surface area (Å²) in [5, 5.41) is 3.48. The molecule has 0 aromatic rings. The lowest BCUT2D eigenvalue weighted by Gasteiger charge is -2.13. The minimum absolute atomic E-state index is 0.542. The van der Waals surface area contributed by atoms with E-state index in [0.29, 0.717) is 12.1 Å². The lowest BCUT2D eigenvalue weighted by atomic mass is 10.2. The first-order valence-corrected chi connectivity index (χ1v) is 5.69. The highest BCUT2D eigenvalue weighted by Crippen LogP contribution is 2.12. The average Bonchev–Trinajstić information content (AvgIpc) is 2.66. The second kappa shape index (κ2) is 9.44. The Bertz CT molecular complexity index is 120. The van der Waals surface area contributed by atoms with Crippen LogP contribution in [0, 0.1) is 0 Å². The van der Waals surface area contributed by atoms with Gasteiger partial charge in [-0.05, 0) is 19.8 Å². The molecule has 0 radical (unpaired) electrons. The Morgan fingerprint density at radius 1 is 1.14 bits per heavy atom. The first-order chi connectivity index (χ1) is 6.86. The van der Waals surface area contributed by atoms with Crippen molar-refractivity contribution in [1.29, 1.82) is 0 Å². The first kappa shape index (κ1) is 13.9. The zero-order valence-corrected chi connectivity index (χ0v) is 10.0. The molecule has 1 N–H and O–H groups in total. The number of nitrogens with one attached hydrogen (secondary N) is 1. The predicted molar refractivity (Wildman–Crippen MR) is 59.7 cm³/mol. The van der Waals surface area contributed by atoms with Crippen LogP contribution in [0.15, 0.2) is 0 Å². The van der Waals surface area contributed by atoms with E-state index >= 15 is 0 Å². The molecular weight excluding hydrogens is 178 g/mol. The van der Waals surface area contributed by atoms with Gasteiger partial charge in [-0.25, -0.2) is 0 Å². The second-order valence-electron chi connectivity index (χ2n) is 3.25. The Hall–Kier alpha value is -0.120. The molecule has 0 spiro atoms. The van der Waals surface area contributed by atoms with Gasteiger partial charge in [0.25, 0.3) is 0 Å². The molecule has 3 nitrogen and oxygen atoms in total. The zero-order chi connectivity index (χ0) is 10.8. The molecule has 0 aromatic carbocycles. The quantitative estimate of drug-likeness (QED) is 0.739. The molecule has 1 rings (SSSR count). The largest absolute Gasteiger partial charge is 0.383 e. The predicted octanol–water partition coefficient (Wildman–Crippen LogP) is 1.82. The number of ether oxygens (including phenoxy) is 2. The van der Waals surface area contributed by atoms with Gasteiger partial charge < -0.3 is 14.8 Å². The van der Waals surface area contributed by atoms with Gasteiger partial charge in [0.1, 0.15) is 0 Å². The van der Waals surface area contributed by atoms with Gasteiger partial charge >= 0.3 is 0 Å². The minimum Gasteiger partial charge on any atom is -0.383 e. The van der Waals surface area contributed by atoms with Crippen LogP contribution in [-0.4, -0.2) is 39.0 Å². The lowest BCUT2D eigenvalue weighted by molar-refractivity contribution is 0.122. The number of hydrogen-bond acceptors (Lipinski definition) is 3. The summed E-state index contributed by atoms with van der Waals surface area (Å²) in [6.07, 6.45) is 2.43. The van der Waals surface area contributed by atoms with Crippen molar-refractivity contribution in [1.82, 2.24) is 5.32 Å². The second-order valence-corrected chi connectivity index (χ2v) is 3.25. The van der Waals surface area contributed by atoms with E-state index in [4.69, 9.17) is 9.47 Å². The van der Waals surface area contributed by atoms with Crippen molar-refractivity contribution >= 4 is 0 Å². The molecule has 0 amide bonds. The van der Waals surface area contributed by atoms with E-state index in [1.807, 2.05) is 20.8 Å². The molecule has 0 aromatic heterocycles. The first-order valence-electron chi connectivity index (χ1n) is 5.69. The van der Waals surface area contributed by atoms with Crippen LogP contribution in [0.1, 0.15) is 33.6 Å². The molecule has 1 fully saturated rings. The van der Waals surface area contributed by atoms with Crippen molar-refractivity contribution in [3.63, 3.8) is 0 Å². The number of methoxy groups -OCH3 is 1. The van der Waals surface area contributed by atoms with Crippen LogP contribution < -0.4 is 5.32 Å². The summed E-state index contributed by atoms with van der Waals surface area (Å²) in [6.45, 7) is 8.51. The van der Waals surface area contributed by atoms with Crippen LogP contribution in [0.3, 0.4) is 0 Å². The molecular formula is C11H25NO2. The molecule has 1 heterocycles. The van der Waals surface area contributed by atoms with Gasteiger partial charge in [-0.2, -0.15) is 0 Å². The summed E-state index contributed by atoms with van der Waals surface area (Å²) in [6, 6.07) is 1.09. The highest BCUT2D eigenvalue weighted by atomic mass is 16.5. The Kier molecular flexibility index (Phi) is 9.35. The van der Waals surface area contributed by atoms with E-state index in [-0.39, 0.29) is 0 Å². The summed E-state index contributed by atoms with van der Waals surface area (Å²) in [4.78, 5) is 0. The van der Waals surface area contributed by atoms with Crippen molar-refractivity contribution in [2.45, 2.75) is 45.7 Å². The minimum atomic E-state index is 0.542. The fourth-order valence-corrected chi connectivity index (χ4v) is 1.63. The lowest BCUT2D eigenvalue weighted by Crippen LogP contribution is -2.35. The molecule has 3 heteroatoms. The molecule has 0 saturated carbocycles. The van der Waals surface area contributed by atoms with Crippen molar-refractivity contribution in [3.05, 3.63) is 0 Å². The van der Waals surface area contributed by atoms with Crippen molar-refractivity contribution in [3.8, 4) is 0 Å². The summed E-state index contributed by atoms with van der Waals surface area (Å²) >= 11 is 0. The number of rotatable bonds is 5. The highest BCUT2D eigenvalue weighted by molar-refractivity contribution is 4.82. The van der Waals surface area contributed by atoms with Gasteiger partial charge in [-0.1, -0.05) is 13.8 Å². The van der Waals surface area contributed by atoms with E-state index in [1.165, 1.54) is 12.8 Å². The van der Waals surface area contributed by atoms with Crippen LogP contribution in [0.25, 0.3) is 0 Å². The number of hydrogen-bond donors (Lipinski definition) is 1. The zero-order valence-electron chi connectivity index (χ0n) is 10.0. The maximum atomic E-state index is 5.34. The van der Waals surface area contributed by atoms with E-state index in [2.05, 4.69) is 5.32 Å². The molecule has 14 heavy (non-hydrogen) atoms. The Balaban J connectivity index is 0.000000791. The smallest absolute Gasteiger partial charge is 0.0619 e. The summed E-state index contributed by atoms with van der Waals surface area (Å²) in [7, 11) is 1.75. The van der Waals surface area contributed by atoms with E-state index in [9.17, 15) is 0 Å². The summed E-state index contributed by atoms with van der Waals surface area (Å²) in [5.74, 6) is 0. The standard InChI is InChI=1S/C9H19NO2.C2H6/c1-3-12-7-9-5-4-8(10-9)6-11-2;1-2/h8-10H,3-7H2,1-2H3;1-2H3. The Labute approximate surface area is 88.2 Å². The maximum absolute atomic E-state index is 5.34. The normalized spacial score (nSPS) is 25.7. The highest BCUT2D eigenvalue weighted by Gasteiger charge is 2.22. The molecule has 0 aliphatic carbocycles. The van der Waals surface area contributed by atoms with Gasteiger partial charge in [0.05, 0.1) is 13.2 Å². The third-order valence-corrected chi connectivity index (χ3v) is 2.23. The Morgan fingerprint density at radius 2 is 1.71 bits per heavy atom. The van der Waals surface area contributed by atoms with Crippen molar-refractivity contribution in [2.75, 3.05) is 26.9 Å². The topological polar surface area (TPSA) is 30.5 Å². The molecule has 86 valence electrons. The molecule has 0 bridgehead atoms. The molecule has 1 aliphatic heterocycles. The van der Waals surface area contributed by atoms with E-state index < -0.39 is 0 Å². The fourth-order valence-electron chi connectivity index (χ4n) is 1.63. The average molecular weight is 203 g/mol. The molecule has 2 atom stereocenters. The van der Waals surface area contributed by atoms with Crippen molar-refractivity contribution in [2.24, 2.45) is 0 Å². The van der Waals surface area contributed by atoms with Crippen LogP contribution >= 0.6 is 0 Å². The van der Waals surface area contributed by atoms with Crippen LogP contribution in [0.5, 0.6) is 0 Å². The van der Waals surface area contributed by atoms with E-state index in [1.54, 1.807) is 7.11 Å². The van der Waals surface area contributed by atoms with Crippen molar-refractivity contribution < 1.29 is 9.47 Å². The summed E-state index contributed by atoms with van der Waals surface area (Å²) in [5.41, 5.74) is 0. The van der Waals surface area contributed by atoms with Gasteiger partial charge in [0.15, 0.2) is 0 Å². The van der Waals surface area contributed by atoms with Crippen LogP contribution in [0.2, 0.25) is 0 Å². The van der Waals surface area contributed by atoms with Crippen LogP contribution in [0.4, 0.5) is 0 Å². The maximum Gasteiger partial charge on any atom is 0.0619 e. The van der Waals surface area contributed by atoms with Gasteiger partial charge in [-0.15, -0.1) is 0 Å². The summed E-state index contributed by atoms with van der Waals surface area (Å²) < 4.78 is 10.4. The van der Waals surface area contributed by atoms with Gasteiger partial charge in [0, 0.05) is 25.8 Å². The SMILES string of the molecule is CC.CCOCC1CCC(COC)N1. The Morgan fingerprint density at radius 3 is 2.21 bits per heavy atom. The molecule has 1 aliphatic rings. The molecule has 1 saturated heterocycles.